The average Bonchev–Trinajstić information content (AvgIpc) is 3.94. The van der Waals surface area contributed by atoms with Crippen LogP contribution in [0.4, 0.5) is 20.7 Å². The fraction of sp³-hybridized carbons (Fsp3) is 0.309. The summed E-state index contributed by atoms with van der Waals surface area (Å²) in [6.45, 7) is 7.65. The molecule has 10 rings (SSSR count). The van der Waals surface area contributed by atoms with Crippen molar-refractivity contribution in [1.82, 2.24) is 28.9 Å². The third-order valence-electron chi connectivity index (χ3n) is 13.2. The van der Waals surface area contributed by atoms with E-state index in [0.29, 0.717) is 44.2 Å². The monoisotopic (exact) mass is 1540 g/mol. The molecule has 17 heteroatoms. The molecule has 2 aliphatic rings. The van der Waals surface area contributed by atoms with E-state index in [4.69, 9.17) is 14.7 Å². The second-order valence-corrected chi connectivity index (χ2v) is 34.1. The predicted octanol–water partition coefficient (Wildman–Crippen LogP) is 10.9. The van der Waals surface area contributed by atoms with Gasteiger partial charge in [0.2, 0.25) is 11.9 Å². The molecule has 3 N–H and O–H groups in total. The first-order valence-electron chi connectivity index (χ1n) is 24.0. The standard InChI is InChI=1S/C28H31FN4O.C27H29FN4O.I3.I2/c1-34-25-12-8-21(9-13-25)14-17-32-18-15-24(16-19-32)30-28-31-26-4-2-3-5-27(26)33(28)20-22-6-10-23(29)11-7-22;28-22-9-5-21(6-10-22)19-32-26-4-2-1-3-25(26)30-27(32)29-23-14-17-31(18-15-23)16-13-20-7-11-24(33)12-8-20;1-3-2;1-2/h2-13,24H,14-20H2,1H3,(H,30,31);1-12,23,33H,13-19H2,(H,29,30);;/q;;-1;. The van der Waals surface area contributed by atoms with Crippen LogP contribution in [0, 0.1) is 11.6 Å². The Hall–Kier alpha value is -3.11. The van der Waals surface area contributed by atoms with Crippen LogP contribution in [0.1, 0.15) is 47.9 Å². The third kappa shape index (κ3) is 17.0. The van der Waals surface area contributed by atoms with Gasteiger partial charge in [-0.05, 0) is 134 Å². The van der Waals surface area contributed by atoms with Crippen LogP contribution in [0.2, 0.25) is 0 Å². The van der Waals surface area contributed by atoms with Gasteiger partial charge in [-0.2, -0.15) is 0 Å². The molecule has 382 valence electrons. The van der Waals surface area contributed by atoms with Gasteiger partial charge in [0.1, 0.15) is 23.1 Å². The zero-order valence-corrected chi connectivity index (χ0v) is 50.9. The van der Waals surface area contributed by atoms with E-state index in [1.807, 2.05) is 84.9 Å². The summed E-state index contributed by atoms with van der Waals surface area (Å²) in [4.78, 5) is 14.8. The molecule has 2 saturated heterocycles. The number of nitrogens with zero attached hydrogens (tertiary/aromatic N) is 6. The molecule has 0 aliphatic carbocycles. The predicted molar refractivity (Wildman–Crippen MR) is 321 cm³/mol. The Kier molecular flexibility index (Phi) is 23.5. The third-order valence-corrected chi connectivity index (χ3v) is 13.2. The Balaban J connectivity index is 0.000000194. The summed E-state index contributed by atoms with van der Waals surface area (Å²) in [6, 6.07) is 46.4. The molecule has 6 aromatic carbocycles. The van der Waals surface area contributed by atoms with Gasteiger partial charge in [0, 0.05) is 88.6 Å². The molecule has 0 radical (unpaired) electrons. The summed E-state index contributed by atoms with van der Waals surface area (Å²) in [5.74, 6) is 2.56. The van der Waals surface area contributed by atoms with Crippen molar-refractivity contribution < 1.29 is 31.9 Å². The Morgan fingerprint density at radius 3 is 1.31 bits per heavy atom. The van der Waals surface area contributed by atoms with Crippen molar-refractivity contribution >= 4 is 108 Å². The van der Waals surface area contributed by atoms with Crippen LogP contribution >= 0.6 is 74.5 Å². The maximum Gasteiger partial charge on any atom is 0.204 e. The van der Waals surface area contributed by atoms with Gasteiger partial charge >= 0.3 is 50.5 Å². The van der Waals surface area contributed by atoms with E-state index < -0.39 is 0 Å². The molecule has 0 unspecified atom stereocenters. The van der Waals surface area contributed by atoms with Gasteiger partial charge in [0.05, 0.1) is 42.3 Å². The molecule has 2 fully saturated rings. The number of ether oxygens (including phenoxy) is 1. The summed E-state index contributed by atoms with van der Waals surface area (Å²) in [7, 11) is 1.70. The molecule has 0 spiro atoms. The number of aromatic nitrogens is 4. The molecule has 2 aromatic heterocycles. The first-order valence-corrected chi connectivity index (χ1v) is 42.9. The van der Waals surface area contributed by atoms with Gasteiger partial charge < -0.3 is 39.4 Å². The van der Waals surface area contributed by atoms with Crippen molar-refractivity contribution in [2.75, 3.05) is 57.0 Å². The molecular formula is C55H60F2I5N8O2-. The molecule has 0 saturated carbocycles. The van der Waals surface area contributed by atoms with Crippen molar-refractivity contribution in [3.63, 3.8) is 0 Å². The number of benzene rings is 6. The maximum atomic E-state index is 13.4. The van der Waals surface area contributed by atoms with Crippen molar-refractivity contribution in [1.29, 1.82) is 0 Å². The van der Waals surface area contributed by atoms with Crippen LogP contribution in [0.25, 0.3) is 22.1 Å². The van der Waals surface area contributed by atoms with Gasteiger partial charge in [0.15, 0.2) is 0 Å². The van der Waals surface area contributed by atoms with E-state index >= 15 is 0 Å². The minimum absolute atomic E-state index is 0.212. The van der Waals surface area contributed by atoms with Gasteiger partial charge in [-0.1, -0.05) is 72.8 Å². The number of anilines is 2. The Morgan fingerprint density at radius 2 is 0.917 bits per heavy atom. The number of rotatable bonds is 15. The van der Waals surface area contributed by atoms with Crippen molar-refractivity contribution in [2.24, 2.45) is 0 Å². The Morgan fingerprint density at radius 1 is 0.556 bits per heavy atom. The van der Waals surface area contributed by atoms with Gasteiger partial charge in [-0.25, -0.2) is 18.7 Å². The fourth-order valence-corrected chi connectivity index (χ4v) is 9.23. The van der Waals surface area contributed by atoms with Crippen LogP contribution in [-0.4, -0.2) is 92.5 Å². The van der Waals surface area contributed by atoms with E-state index in [1.54, 1.807) is 19.2 Å². The molecular weight excluding hydrogens is 1480 g/mol. The van der Waals surface area contributed by atoms with E-state index in [2.05, 4.69) is 128 Å². The van der Waals surface area contributed by atoms with E-state index in [0.717, 1.165) is 129 Å². The normalized spacial score (nSPS) is 14.4. The Bertz CT molecular complexity index is 2840. The number of nitrogens with one attached hydrogen (secondary N) is 2. The zero-order valence-electron chi connectivity index (χ0n) is 40.1. The summed E-state index contributed by atoms with van der Waals surface area (Å²) in [5, 5.41) is 16.9. The smallest absolute Gasteiger partial charge is 0.204 e. The van der Waals surface area contributed by atoms with E-state index in [1.165, 1.54) is 35.4 Å². The topological polar surface area (TPSA) is 95.6 Å². The molecule has 2 aliphatic heterocycles. The molecule has 72 heavy (non-hydrogen) atoms. The number of para-hydroxylation sites is 4. The number of hydrogen-bond donors (Lipinski definition) is 3. The summed E-state index contributed by atoms with van der Waals surface area (Å²) in [6.07, 6.45) is 6.34. The first kappa shape index (κ1) is 56.6. The van der Waals surface area contributed by atoms with E-state index in [-0.39, 0.29) is 11.6 Å². The molecule has 8 aromatic rings. The number of piperidine rings is 2. The number of phenolic OH excluding ortho intramolecular Hbond substituents is 1. The van der Waals surface area contributed by atoms with Gasteiger partial charge in [-0.3, -0.25) is 0 Å². The number of fused-ring (bicyclic) bond motifs is 2. The molecule has 0 bridgehead atoms. The van der Waals surface area contributed by atoms with Crippen molar-refractivity contribution in [3.05, 3.63) is 179 Å². The molecule has 0 atom stereocenters. The number of halogens is 7. The van der Waals surface area contributed by atoms with Crippen LogP contribution < -0.4 is 28.6 Å². The van der Waals surface area contributed by atoms with Crippen LogP contribution in [0.5, 0.6) is 11.5 Å². The fourth-order valence-electron chi connectivity index (χ4n) is 9.23. The van der Waals surface area contributed by atoms with Crippen LogP contribution in [0.3, 0.4) is 0 Å². The average molecular weight is 1540 g/mol. The second kappa shape index (κ2) is 29.8. The SMILES string of the molecule is COc1ccc(CCN2CCC(Nc3nc4ccccc4n3Cc3ccc(F)cc3)CC2)cc1.II.I[I-]I.Oc1ccc(CCN2CCC(Nc3nc4ccccc4n3Cc3ccc(F)cc3)CC2)cc1. The summed E-state index contributed by atoms with van der Waals surface area (Å²) >= 11 is 9.54. The van der Waals surface area contributed by atoms with E-state index in [9.17, 15) is 13.9 Å². The largest absolute Gasteiger partial charge is 0.508 e. The number of phenols is 1. The van der Waals surface area contributed by atoms with Gasteiger partial charge in [0.25, 0.3) is 0 Å². The zero-order chi connectivity index (χ0) is 50.7. The van der Waals surface area contributed by atoms with Crippen molar-refractivity contribution in [3.8, 4) is 11.5 Å². The number of likely N-dealkylation sites (tertiary alicyclic amines) is 2. The van der Waals surface area contributed by atoms with Crippen molar-refractivity contribution in [2.45, 2.75) is 63.7 Å². The molecule has 4 heterocycles. The summed E-state index contributed by atoms with van der Waals surface area (Å²) < 4.78 is 36.4. The first-order chi connectivity index (χ1) is 35.2. The molecule has 10 nitrogen and oxygen atoms in total. The number of imidazole rings is 2. The quantitative estimate of drug-likeness (QED) is 0.0874. The number of methoxy groups -OCH3 is 1. The Labute approximate surface area is 475 Å². The number of hydrogen-bond acceptors (Lipinski definition) is 8. The van der Waals surface area contributed by atoms with Crippen LogP contribution in [-0.2, 0) is 25.9 Å². The number of aromatic hydroxyl groups is 1. The van der Waals surface area contributed by atoms with Crippen LogP contribution in [0.15, 0.2) is 146 Å². The molecule has 0 amide bonds. The minimum atomic E-state index is -0.218. The van der Waals surface area contributed by atoms with Gasteiger partial charge in [-0.15, -0.1) is 0 Å². The second-order valence-electron chi connectivity index (χ2n) is 17.9. The minimum Gasteiger partial charge on any atom is -0.508 e. The maximum absolute atomic E-state index is 13.4. The summed E-state index contributed by atoms with van der Waals surface area (Å²) in [5.41, 5.74) is 8.81.